The number of carboxylic acids is 1. The van der Waals surface area contributed by atoms with Crippen molar-refractivity contribution in [3.63, 3.8) is 0 Å². The fourth-order valence-corrected chi connectivity index (χ4v) is 2.18. The second-order valence-electron chi connectivity index (χ2n) is 4.65. The van der Waals surface area contributed by atoms with E-state index in [-0.39, 0.29) is 17.6 Å². The lowest BCUT2D eigenvalue weighted by atomic mass is 10.2. The van der Waals surface area contributed by atoms with Gasteiger partial charge in [-0.15, -0.1) is 0 Å². The van der Waals surface area contributed by atoms with Crippen LogP contribution >= 0.6 is 0 Å². The number of carbonyl (C=O) groups excluding carboxylic acids is 1. The molecule has 1 amide bonds. The quantitative estimate of drug-likeness (QED) is 0.841. The minimum atomic E-state index is -1.11. The number of hydrogen-bond acceptors (Lipinski definition) is 5. The second-order valence-corrected chi connectivity index (χ2v) is 4.65. The van der Waals surface area contributed by atoms with Crippen molar-refractivity contribution in [1.29, 1.82) is 0 Å². The lowest BCUT2D eigenvalue weighted by Crippen LogP contribution is -2.43. The van der Waals surface area contributed by atoms with E-state index in [2.05, 4.69) is 9.97 Å². The average Bonchev–Trinajstić information content (AvgIpc) is 2.86. The Balaban J connectivity index is 2.20. The lowest BCUT2D eigenvalue weighted by Gasteiger charge is -2.26. The molecule has 1 atom stereocenters. The molecule has 0 spiro atoms. The van der Waals surface area contributed by atoms with E-state index in [4.69, 9.17) is 5.11 Å². The molecule has 2 rings (SSSR count). The standard InChI is InChI=1S/C12H16N4O3/c1-15(2)11(17)9-4-3-5-16(9)10-7-13-8(6-14-10)12(18)19/h6-7,9H,3-5H2,1-2H3,(H,18,19). The van der Waals surface area contributed by atoms with Gasteiger partial charge in [0.25, 0.3) is 0 Å². The first kappa shape index (κ1) is 13.3. The van der Waals surface area contributed by atoms with Gasteiger partial charge in [-0.05, 0) is 12.8 Å². The van der Waals surface area contributed by atoms with Crippen molar-refractivity contribution in [2.75, 3.05) is 25.5 Å². The molecule has 1 aromatic rings. The van der Waals surface area contributed by atoms with Crippen LogP contribution in [0.15, 0.2) is 12.4 Å². The Morgan fingerprint density at radius 3 is 2.63 bits per heavy atom. The van der Waals surface area contributed by atoms with Crippen LogP contribution in [0.2, 0.25) is 0 Å². The van der Waals surface area contributed by atoms with E-state index in [1.54, 1.807) is 19.0 Å². The fourth-order valence-electron chi connectivity index (χ4n) is 2.18. The van der Waals surface area contributed by atoms with Crippen molar-refractivity contribution in [2.45, 2.75) is 18.9 Å². The topological polar surface area (TPSA) is 86.6 Å². The van der Waals surface area contributed by atoms with E-state index in [9.17, 15) is 9.59 Å². The normalized spacial score (nSPS) is 18.4. The monoisotopic (exact) mass is 264 g/mol. The molecule has 1 N–H and O–H groups in total. The van der Waals surface area contributed by atoms with Crippen LogP contribution in [0.25, 0.3) is 0 Å². The third-order valence-corrected chi connectivity index (χ3v) is 3.13. The fraction of sp³-hybridized carbons (Fsp3) is 0.500. The molecule has 102 valence electrons. The molecule has 1 saturated heterocycles. The predicted molar refractivity (Wildman–Crippen MR) is 68.1 cm³/mol. The maximum Gasteiger partial charge on any atom is 0.356 e. The van der Waals surface area contributed by atoms with Gasteiger partial charge in [0.2, 0.25) is 5.91 Å². The van der Waals surface area contributed by atoms with E-state index < -0.39 is 5.97 Å². The molecule has 0 saturated carbocycles. The number of carbonyl (C=O) groups is 2. The first-order valence-corrected chi connectivity index (χ1v) is 6.04. The summed E-state index contributed by atoms with van der Waals surface area (Å²) in [6, 6.07) is -0.236. The van der Waals surface area contributed by atoms with Crippen molar-refractivity contribution in [1.82, 2.24) is 14.9 Å². The second kappa shape index (κ2) is 5.21. The van der Waals surface area contributed by atoms with Crippen LogP contribution in [-0.4, -0.2) is 58.5 Å². The summed E-state index contributed by atoms with van der Waals surface area (Å²) in [6.07, 6.45) is 4.31. The molecular formula is C12H16N4O3. The van der Waals surface area contributed by atoms with Gasteiger partial charge in [-0.1, -0.05) is 0 Å². The number of anilines is 1. The SMILES string of the molecule is CN(C)C(=O)C1CCCN1c1cnc(C(=O)O)cn1. The summed E-state index contributed by atoms with van der Waals surface area (Å²) in [4.78, 5) is 34.1. The number of likely N-dealkylation sites (N-methyl/N-ethyl adjacent to an activating group) is 1. The van der Waals surface area contributed by atoms with Gasteiger partial charge in [-0.25, -0.2) is 14.8 Å². The van der Waals surface area contributed by atoms with Crippen LogP contribution in [-0.2, 0) is 4.79 Å². The summed E-state index contributed by atoms with van der Waals surface area (Å²) in [5.41, 5.74) is -0.0987. The Bertz CT molecular complexity index is 486. The molecule has 1 unspecified atom stereocenters. The first-order valence-electron chi connectivity index (χ1n) is 6.04. The Morgan fingerprint density at radius 2 is 2.11 bits per heavy atom. The summed E-state index contributed by atoms with van der Waals surface area (Å²) >= 11 is 0. The summed E-state index contributed by atoms with van der Waals surface area (Å²) in [6.45, 7) is 0.728. The van der Waals surface area contributed by atoms with Crippen LogP contribution in [0.1, 0.15) is 23.3 Å². The maximum atomic E-state index is 12.0. The van der Waals surface area contributed by atoms with Gasteiger partial charge < -0.3 is 14.9 Å². The Hall–Kier alpha value is -2.18. The number of rotatable bonds is 3. The van der Waals surface area contributed by atoms with Gasteiger partial charge in [-0.3, -0.25) is 4.79 Å². The summed E-state index contributed by atoms with van der Waals surface area (Å²) in [7, 11) is 3.44. The summed E-state index contributed by atoms with van der Waals surface area (Å²) in [5, 5.41) is 8.78. The van der Waals surface area contributed by atoms with Crippen molar-refractivity contribution in [2.24, 2.45) is 0 Å². The molecule has 7 heteroatoms. The molecule has 1 fully saturated rings. The number of amides is 1. The highest BCUT2D eigenvalue weighted by Gasteiger charge is 2.32. The number of nitrogens with zero attached hydrogens (tertiary/aromatic N) is 4. The molecule has 0 radical (unpaired) electrons. The third-order valence-electron chi connectivity index (χ3n) is 3.13. The van der Waals surface area contributed by atoms with Gasteiger partial charge >= 0.3 is 5.97 Å². The van der Waals surface area contributed by atoms with E-state index >= 15 is 0 Å². The lowest BCUT2D eigenvalue weighted by molar-refractivity contribution is -0.129. The van der Waals surface area contributed by atoms with E-state index in [1.165, 1.54) is 12.4 Å². The predicted octanol–water partition coefficient (Wildman–Crippen LogP) is 0.232. The molecule has 0 aliphatic carbocycles. The third kappa shape index (κ3) is 2.64. The Labute approximate surface area is 110 Å². The summed E-state index contributed by atoms with van der Waals surface area (Å²) in [5.74, 6) is -0.536. The van der Waals surface area contributed by atoms with Crippen molar-refractivity contribution < 1.29 is 14.7 Å². The van der Waals surface area contributed by atoms with Crippen molar-refractivity contribution in [3.05, 3.63) is 18.1 Å². The smallest absolute Gasteiger partial charge is 0.356 e. The number of aromatic carboxylic acids is 1. The zero-order chi connectivity index (χ0) is 14.0. The van der Waals surface area contributed by atoms with Crippen molar-refractivity contribution >= 4 is 17.7 Å². The van der Waals surface area contributed by atoms with E-state index in [0.717, 1.165) is 19.4 Å². The minimum Gasteiger partial charge on any atom is -0.476 e. The Morgan fingerprint density at radius 1 is 1.37 bits per heavy atom. The van der Waals surface area contributed by atoms with Gasteiger partial charge in [-0.2, -0.15) is 0 Å². The molecule has 7 nitrogen and oxygen atoms in total. The van der Waals surface area contributed by atoms with E-state index in [0.29, 0.717) is 5.82 Å². The molecule has 1 aliphatic rings. The van der Waals surface area contributed by atoms with E-state index in [1.807, 2.05) is 4.90 Å². The van der Waals surface area contributed by atoms with Crippen LogP contribution in [0, 0.1) is 0 Å². The number of aromatic nitrogens is 2. The largest absolute Gasteiger partial charge is 0.476 e. The van der Waals surface area contributed by atoms with Crippen LogP contribution < -0.4 is 4.90 Å². The molecule has 2 heterocycles. The Kier molecular flexibility index (Phi) is 3.64. The zero-order valence-electron chi connectivity index (χ0n) is 10.9. The number of carboxylic acid groups (broad SMARTS) is 1. The first-order chi connectivity index (χ1) is 9.00. The molecule has 1 aliphatic heterocycles. The molecular weight excluding hydrogens is 248 g/mol. The average molecular weight is 264 g/mol. The van der Waals surface area contributed by atoms with Gasteiger partial charge in [0.05, 0.1) is 12.4 Å². The summed E-state index contributed by atoms with van der Waals surface area (Å²) < 4.78 is 0. The number of hydrogen-bond donors (Lipinski definition) is 1. The molecule has 0 bridgehead atoms. The van der Waals surface area contributed by atoms with Crippen LogP contribution in [0.5, 0.6) is 0 Å². The highest BCUT2D eigenvalue weighted by atomic mass is 16.4. The van der Waals surface area contributed by atoms with Crippen LogP contribution in [0.3, 0.4) is 0 Å². The minimum absolute atomic E-state index is 0.0293. The zero-order valence-corrected chi connectivity index (χ0v) is 10.9. The highest BCUT2D eigenvalue weighted by molar-refractivity contribution is 5.86. The molecule has 1 aromatic heterocycles. The molecule has 19 heavy (non-hydrogen) atoms. The maximum absolute atomic E-state index is 12.0. The van der Waals surface area contributed by atoms with Gasteiger partial charge in [0.15, 0.2) is 5.69 Å². The van der Waals surface area contributed by atoms with Gasteiger partial charge in [0, 0.05) is 20.6 Å². The van der Waals surface area contributed by atoms with Gasteiger partial charge in [0.1, 0.15) is 11.9 Å². The molecule has 0 aromatic carbocycles. The highest BCUT2D eigenvalue weighted by Crippen LogP contribution is 2.24. The van der Waals surface area contributed by atoms with Crippen molar-refractivity contribution in [3.8, 4) is 0 Å². The van der Waals surface area contributed by atoms with Crippen LogP contribution in [0.4, 0.5) is 5.82 Å².